The Morgan fingerprint density at radius 2 is 2.37 bits per heavy atom. The highest BCUT2D eigenvalue weighted by atomic mass is 79.9. The van der Waals surface area contributed by atoms with E-state index in [2.05, 4.69) is 28.9 Å². The Balaban J connectivity index is 1.87. The summed E-state index contributed by atoms with van der Waals surface area (Å²) in [6, 6.07) is 6.10. The van der Waals surface area contributed by atoms with Crippen LogP contribution in [0.15, 0.2) is 27.6 Å². The van der Waals surface area contributed by atoms with Crippen molar-refractivity contribution in [1.29, 1.82) is 0 Å². The Bertz CT molecular complexity index is 467. The van der Waals surface area contributed by atoms with Crippen molar-refractivity contribution in [3.05, 3.63) is 28.2 Å². The van der Waals surface area contributed by atoms with Crippen molar-refractivity contribution in [1.82, 2.24) is 4.90 Å². The lowest BCUT2D eigenvalue weighted by Gasteiger charge is -2.16. The molecule has 1 amide bonds. The zero-order valence-corrected chi connectivity index (χ0v) is 13.3. The lowest BCUT2D eigenvalue weighted by Crippen LogP contribution is -2.30. The molecule has 1 aromatic carbocycles. The van der Waals surface area contributed by atoms with Crippen molar-refractivity contribution >= 4 is 33.6 Å². The average Bonchev–Trinajstić information content (AvgIpc) is 2.86. The molecule has 2 rings (SSSR count). The number of nitrogens with zero attached hydrogens (tertiary/aromatic N) is 1. The van der Waals surface area contributed by atoms with E-state index in [1.807, 2.05) is 17.0 Å². The van der Waals surface area contributed by atoms with Gasteiger partial charge in [-0.05, 0) is 37.1 Å². The van der Waals surface area contributed by atoms with Gasteiger partial charge in [-0.1, -0.05) is 15.9 Å². The van der Waals surface area contributed by atoms with E-state index in [1.54, 1.807) is 11.8 Å². The number of aryl methyl sites for hydroxylation is 1. The predicted molar refractivity (Wildman–Crippen MR) is 81.4 cm³/mol. The van der Waals surface area contributed by atoms with Gasteiger partial charge in [0.05, 0.1) is 5.75 Å². The quantitative estimate of drug-likeness (QED) is 0.854. The third-order valence-corrected chi connectivity index (χ3v) is 5.04. The first-order chi connectivity index (χ1) is 9.10. The van der Waals surface area contributed by atoms with E-state index in [9.17, 15) is 4.79 Å². The van der Waals surface area contributed by atoms with Gasteiger partial charge in [0.2, 0.25) is 5.91 Å². The van der Waals surface area contributed by atoms with Crippen LogP contribution in [-0.2, 0) is 4.79 Å². The number of aliphatic hydroxyl groups excluding tert-OH is 1. The predicted octanol–water partition coefficient (Wildman–Crippen LogP) is 2.69. The van der Waals surface area contributed by atoms with Crippen LogP contribution in [0.2, 0.25) is 0 Å². The van der Waals surface area contributed by atoms with E-state index >= 15 is 0 Å². The van der Waals surface area contributed by atoms with Gasteiger partial charge in [-0.25, -0.2) is 0 Å². The molecule has 1 fully saturated rings. The van der Waals surface area contributed by atoms with E-state index in [0.717, 1.165) is 22.3 Å². The summed E-state index contributed by atoms with van der Waals surface area (Å²) in [5, 5.41) is 9.09. The number of amides is 1. The number of hydrogen-bond acceptors (Lipinski definition) is 3. The number of thioether (sulfide) groups is 1. The first-order valence-corrected chi connectivity index (χ1v) is 8.15. The molecular formula is C14H18BrNO2S. The summed E-state index contributed by atoms with van der Waals surface area (Å²) in [4.78, 5) is 15.1. The molecule has 3 nitrogen and oxygen atoms in total. The molecule has 1 aromatic rings. The standard InChI is InChI=1S/C14H18BrNO2S/c1-10-6-12(15)2-3-13(10)19-9-14(18)16-5-4-11(7-16)8-17/h2-3,6,11,17H,4-5,7-9H2,1H3. The highest BCUT2D eigenvalue weighted by molar-refractivity contribution is 9.10. The fourth-order valence-electron chi connectivity index (χ4n) is 2.21. The molecule has 19 heavy (non-hydrogen) atoms. The summed E-state index contributed by atoms with van der Waals surface area (Å²) in [6.07, 6.45) is 0.921. The topological polar surface area (TPSA) is 40.5 Å². The Labute approximate surface area is 126 Å². The van der Waals surface area contributed by atoms with Gasteiger partial charge in [-0.2, -0.15) is 0 Å². The number of halogens is 1. The second-order valence-corrected chi connectivity index (χ2v) is 6.81. The fraction of sp³-hybridized carbons (Fsp3) is 0.500. The zero-order chi connectivity index (χ0) is 13.8. The highest BCUT2D eigenvalue weighted by Gasteiger charge is 2.25. The molecule has 0 spiro atoms. The van der Waals surface area contributed by atoms with Gasteiger partial charge >= 0.3 is 0 Å². The minimum atomic E-state index is 0.170. The Morgan fingerprint density at radius 3 is 3.00 bits per heavy atom. The number of carbonyl (C=O) groups is 1. The van der Waals surface area contributed by atoms with Crippen LogP contribution >= 0.6 is 27.7 Å². The third kappa shape index (κ3) is 3.97. The van der Waals surface area contributed by atoms with Gasteiger partial charge in [-0.15, -0.1) is 11.8 Å². The van der Waals surface area contributed by atoms with Crippen LogP contribution in [0, 0.1) is 12.8 Å². The molecule has 0 radical (unpaired) electrons. The van der Waals surface area contributed by atoms with Gasteiger partial charge in [0.15, 0.2) is 0 Å². The number of aliphatic hydroxyl groups is 1. The van der Waals surface area contributed by atoms with Crippen molar-refractivity contribution in [2.45, 2.75) is 18.2 Å². The normalized spacial score (nSPS) is 18.9. The second kappa shape index (κ2) is 6.77. The van der Waals surface area contributed by atoms with Crippen molar-refractivity contribution in [3.8, 4) is 0 Å². The monoisotopic (exact) mass is 343 g/mol. The van der Waals surface area contributed by atoms with Crippen LogP contribution < -0.4 is 0 Å². The van der Waals surface area contributed by atoms with Crippen LogP contribution in [0.5, 0.6) is 0 Å². The van der Waals surface area contributed by atoms with E-state index in [4.69, 9.17) is 5.11 Å². The van der Waals surface area contributed by atoms with Crippen LogP contribution in [0.4, 0.5) is 0 Å². The molecule has 0 aliphatic carbocycles. The van der Waals surface area contributed by atoms with Crippen LogP contribution in [-0.4, -0.2) is 41.4 Å². The van der Waals surface area contributed by atoms with Gasteiger partial charge in [0, 0.05) is 35.0 Å². The molecule has 1 saturated heterocycles. The molecule has 0 aromatic heterocycles. The van der Waals surface area contributed by atoms with E-state index in [1.165, 1.54) is 5.56 Å². The molecule has 1 heterocycles. The summed E-state index contributed by atoms with van der Waals surface area (Å²) in [6.45, 7) is 3.72. The van der Waals surface area contributed by atoms with Crippen molar-refractivity contribution in [2.75, 3.05) is 25.4 Å². The van der Waals surface area contributed by atoms with Crippen molar-refractivity contribution < 1.29 is 9.90 Å². The van der Waals surface area contributed by atoms with Gasteiger partial charge in [0.1, 0.15) is 0 Å². The SMILES string of the molecule is Cc1cc(Br)ccc1SCC(=O)N1CCC(CO)C1. The molecule has 1 atom stereocenters. The fourth-order valence-corrected chi connectivity index (χ4v) is 3.60. The maximum absolute atomic E-state index is 12.1. The van der Waals surface area contributed by atoms with Crippen LogP contribution in [0.1, 0.15) is 12.0 Å². The van der Waals surface area contributed by atoms with Crippen molar-refractivity contribution in [2.24, 2.45) is 5.92 Å². The smallest absolute Gasteiger partial charge is 0.232 e. The first-order valence-electron chi connectivity index (χ1n) is 6.37. The van der Waals surface area contributed by atoms with Crippen LogP contribution in [0.25, 0.3) is 0 Å². The molecule has 0 bridgehead atoms. The average molecular weight is 344 g/mol. The molecule has 0 saturated carbocycles. The largest absolute Gasteiger partial charge is 0.396 e. The number of hydrogen-bond donors (Lipinski definition) is 1. The maximum Gasteiger partial charge on any atom is 0.232 e. The molecule has 1 unspecified atom stereocenters. The Morgan fingerprint density at radius 1 is 1.58 bits per heavy atom. The zero-order valence-electron chi connectivity index (χ0n) is 10.9. The molecule has 1 aliphatic rings. The van der Waals surface area contributed by atoms with E-state index in [0.29, 0.717) is 12.3 Å². The van der Waals surface area contributed by atoms with Crippen LogP contribution in [0.3, 0.4) is 0 Å². The molecular weight excluding hydrogens is 326 g/mol. The summed E-state index contributed by atoms with van der Waals surface area (Å²) < 4.78 is 1.06. The summed E-state index contributed by atoms with van der Waals surface area (Å²) in [7, 11) is 0. The summed E-state index contributed by atoms with van der Waals surface area (Å²) in [5.41, 5.74) is 1.18. The van der Waals surface area contributed by atoms with E-state index in [-0.39, 0.29) is 18.4 Å². The minimum Gasteiger partial charge on any atom is -0.396 e. The van der Waals surface area contributed by atoms with Gasteiger partial charge in [0.25, 0.3) is 0 Å². The number of likely N-dealkylation sites (tertiary alicyclic amines) is 1. The Hall–Kier alpha value is -0.520. The highest BCUT2D eigenvalue weighted by Crippen LogP contribution is 2.26. The number of rotatable bonds is 4. The molecule has 1 N–H and O–H groups in total. The number of benzene rings is 1. The second-order valence-electron chi connectivity index (χ2n) is 4.88. The maximum atomic E-state index is 12.1. The number of carbonyl (C=O) groups excluding carboxylic acids is 1. The van der Waals surface area contributed by atoms with Gasteiger partial charge in [-0.3, -0.25) is 4.79 Å². The molecule has 5 heteroatoms. The first kappa shape index (κ1) is 14.9. The lowest BCUT2D eigenvalue weighted by molar-refractivity contribution is -0.127. The van der Waals surface area contributed by atoms with E-state index < -0.39 is 0 Å². The molecule has 1 aliphatic heterocycles. The van der Waals surface area contributed by atoms with Gasteiger partial charge < -0.3 is 10.0 Å². The summed E-state index contributed by atoms with van der Waals surface area (Å²) >= 11 is 5.02. The Kier molecular flexibility index (Phi) is 5.30. The summed E-state index contributed by atoms with van der Waals surface area (Å²) in [5.74, 6) is 0.910. The minimum absolute atomic E-state index is 0.170. The molecule has 104 valence electrons. The third-order valence-electron chi connectivity index (χ3n) is 3.38. The van der Waals surface area contributed by atoms with Crippen molar-refractivity contribution in [3.63, 3.8) is 0 Å². The lowest BCUT2D eigenvalue weighted by atomic mass is 10.1.